The van der Waals surface area contributed by atoms with Gasteiger partial charge in [0.05, 0.1) is 23.6 Å². The Bertz CT molecular complexity index is 1520. The number of carbonyl (C=O) groups excluding carboxylic acids is 2. The molecule has 290 valence electrons. The van der Waals surface area contributed by atoms with E-state index in [9.17, 15) is 19.7 Å². The van der Waals surface area contributed by atoms with Crippen molar-refractivity contribution in [2.75, 3.05) is 0 Å². The molecule has 7 atom stereocenters. The number of nitrogens with zero attached hydrogens (tertiary/aromatic N) is 1. The van der Waals surface area contributed by atoms with Crippen molar-refractivity contribution in [3.8, 4) is 5.75 Å². The van der Waals surface area contributed by atoms with Gasteiger partial charge in [-0.15, -0.1) is 0 Å². The first-order valence-corrected chi connectivity index (χ1v) is 24.7. The standard InChI is InChI=1S/C40H63NO9Si2/c1-26-14-15-27-22-31(49-51(10,11)38(2,3)4)24-34(47-37(43)40(8,9)48-29-18-16-28(17-19-29)41(44)45)36(27)33(26)21-20-30-23-32(25-35(42)46-30)50-52(12,13)39(5,6)7/h14-19,22,26,30-34,36H,20-21,23-25H2,1-13H3/t26?,30-,31?,32-,33?,34?,36?/m1/s1. The van der Waals surface area contributed by atoms with Crippen LogP contribution in [0.1, 0.15) is 94.4 Å². The molecule has 1 saturated heterocycles. The van der Waals surface area contributed by atoms with Gasteiger partial charge in [0.2, 0.25) is 0 Å². The van der Waals surface area contributed by atoms with Crippen molar-refractivity contribution in [1.82, 2.24) is 0 Å². The lowest BCUT2D eigenvalue weighted by Crippen LogP contribution is -2.50. The highest BCUT2D eigenvalue weighted by Crippen LogP contribution is 2.47. The molecule has 0 spiro atoms. The summed E-state index contributed by atoms with van der Waals surface area (Å²) in [4.78, 5) is 37.5. The van der Waals surface area contributed by atoms with Gasteiger partial charge < -0.3 is 23.1 Å². The van der Waals surface area contributed by atoms with Crippen molar-refractivity contribution in [3.05, 3.63) is 58.2 Å². The predicted octanol–water partition coefficient (Wildman–Crippen LogP) is 9.70. The second-order valence-corrected chi connectivity index (χ2v) is 28.2. The average Bonchev–Trinajstić information content (AvgIpc) is 2.99. The topological polar surface area (TPSA) is 123 Å². The predicted molar refractivity (Wildman–Crippen MR) is 208 cm³/mol. The fraction of sp³-hybridized carbons (Fsp3) is 0.700. The van der Waals surface area contributed by atoms with E-state index in [-0.39, 0.29) is 64.2 Å². The number of hydrogen-bond acceptors (Lipinski definition) is 9. The van der Waals surface area contributed by atoms with Gasteiger partial charge in [0.25, 0.3) is 5.69 Å². The van der Waals surface area contributed by atoms with Crippen molar-refractivity contribution in [1.29, 1.82) is 0 Å². The molecule has 1 aromatic rings. The van der Waals surface area contributed by atoms with E-state index in [0.29, 0.717) is 25.0 Å². The van der Waals surface area contributed by atoms with Crippen molar-refractivity contribution in [3.63, 3.8) is 0 Å². The highest BCUT2D eigenvalue weighted by atomic mass is 28.4. The molecule has 2 aliphatic carbocycles. The highest BCUT2D eigenvalue weighted by molar-refractivity contribution is 6.74. The zero-order valence-corrected chi connectivity index (χ0v) is 35.7. The van der Waals surface area contributed by atoms with E-state index in [1.165, 1.54) is 24.3 Å². The van der Waals surface area contributed by atoms with E-state index < -0.39 is 39.2 Å². The van der Waals surface area contributed by atoms with Crippen LogP contribution in [0.2, 0.25) is 36.3 Å². The Morgan fingerprint density at radius 2 is 1.52 bits per heavy atom. The molecule has 0 saturated carbocycles. The van der Waals surface area contributed by atoms with Gasteiger partial charge in [-0.3, -0.25) is 14.9 Å². The van der Waals surface area contributed by atoms with Crippen LogP contribution in [0.3, 0.4) is 0 Å². The molecule has 0 aromatic heterocycles. The largest absolute Gasteiger partial charge is 0.476 e. The van der Waals surface area contributed by atoms with Crippen LogP contribution in [0, 0.1) is 27.9 Å². The Balaban J connectivity index is 1.57. The lowest BCUT2D eigenvalue weighted by molar-refractivity contribution is -0.384. The molecule has 0 amide bonds. The lowest BCUT2D eigenvalue weighted by Gasteiger charge is -2.46. The minimum absolute atomic E-state index is 0.00183. The van der Waals surface area contributed by atoms with Gasteiger partial charge in [0, 0.05) is 30.9 Å². The maximum absolute atomic E-state index is 14.0. The maximum Gasteiger partial charge on any atom is 0.350 e. The van der Waals surface area contributed by atoms with E-state index >= 15 is 0 Å². The molecule has 1 heterocycles. The molecule has 0 bridgehead atoms. The van der Waals surface area contributed by atoms with Crippen molar-refractivity contribution in [2.45, 2.75) is 161 Å². The number of hydrogen-bond donors (Lipinski definition) is 0. The number of ether oxygens (including phenoxy) is 3. The number of non-ortho nitro benzene ring substituents is 1. The Kier molecular flexibility index (Phi) is 12.5. The molecule has 1 aromatic carbocycles. The lowest BCUT2D eigenvalue weighted by atomic mass is 9.66. The number of carbonyl (C=O) groups is 2. The molecule has 0 N–H and O–H groups in total. The first kappa shape index (κ1) is 41.9. The number of esters is 2. The van der Waals surface area contributed by atoms with Gasteiger partial charge in [0.1, 0.15) is 18.0 Å². The molecular formula is C40H63NO9Si2. The molecule has 3 aliphatic rings. The van der Waals surface area contributed by atoms with E-state index in [2.05, 4.69) is 92.9 Å². The van der Waals surface area contributed by atoms with Crippen LogP contribution in [-0.2, 0) is 27.9 Å². The normalized spacial score (nSPS) is 27.3. The Morgan fingerprint density at radius 1 is 0.923 bits per heavy atom. The van der Waals surface area contributed by atoms with E-state index in [4.69, 9.17) is 23.1 Å². The van der Waals surface area contributed by atoms with Gasteiger partial charge in [-0.05, 0) is 92.5 Å². The number of nitro groups is 1. The monoisotopic (exact) mass is 757 g/mol. The van der Waals surface area contributed by atoms with Gasteiger partial charge in [0.15, 0.2) is 22.2 Å². The van der Waals surface area contributed by atoms with E-state index in [0.717, 1.165) is 12.0 Å². The summed E-state index contributed by atoms with van der Waals surface area (Å²) in [7, 11) is -4.24. The highest BCUT2D eigenvalue weighted by Gasteiger charge is 2.48. The van der Waals surface area contributed by atoms with E-state index in [1.807, 2.05) is 0 Å². The summed E-state index contributed by atoms with van der Waals surface area (Å²) in [5.41, 5.74) is -0.326. The molecule has 52 heavy (non-hydrogen) atoms. The Hall–Kier alpha value is -2.81. The number of cyclic esters (lactones) is 1. The summed E-state index contributed by atoms with van der Waals surface area (Å²) in [5, 5.41) is 11.2. The SMILES string of the molecule is CC1C=CC2=CC(O[Si](C)(C)C(C)(C)C)CC(OC(=O)C(C)(C)Oc3ccc([N+](=O)[O-])cc3)C2C1CC[C@@H]1C[C@@H](O[Si](C)(C)C(C)(C)C)CC(=O)O1. The molecule has 1 aliphatic heterocycles. The summed E-state index contributed by atoms with van der Waals surface area (Å²) in [6, 6.07) is 5.68. The van der Waals surface area contributed by atoms with Crippen molar-refractivity contribution in [2.24, 2.45) is 17.8 Å². The van der Waals surface area contributed by atoms with Crippen LogP contribution in [0.5, 0.6) is 5.75 Å². The third kappa shape index (κ3) is 10.0. The zero-order valence-electron chi connectivity index (χ0n) is 33.7. The summed E-state index contributed by atoms with van der Waals surface area (Å²) in [6.07, 6.45) is 8.47. The molecule has 4 rings (SSSR count). The number of allylic oxidation sites excluding steroid dienone is 2. The summed E-state index contributed by atoms with van der Waals surface area (Å²) < 4.78 is 32.0. The van der Waals surface area contributed by atoms with E-state index in [1.54, 1.807) is 13.8 Å². The third-order valence-corrected chi connectivity index (χ3v) is 21.1. The van der Waals surface area contributed by atoms with Crippen LogP contribution in [-0.4, -0.2) is 63.5 Å². The Labute approximate surface area is 313 Å². The summed E-state index contributed by atoms with van der Waals surface area (Å²) in [5.74, 6) is -0.151. The number of nitro benzene ring substituents is 1. The number of benzene rings is 1. The first-order chi connectivity index (χ1) is 23.8. The fourth-order valence-electron chi connectivity index (χ4n) is 6.94. The molecule has 10 nitrogen and oxygen atoms in total. The second kappa shape index (κ2) is 15.5. The average molecular weight is 758 g/mol. The minimum atomic E-state index is -2.17. The smallest absolute Gasteiger partial charge is 0.350 e. The molecular weight excluding hydrogens is 695 g/mol. The van der Waals surface area contributed by atoms with Gasteiger partial charge in [-0.1, -0.05) is 66.7 Å². The van der Waals surface area contributed by atoms with Crippen molar-refractivity contribution >= 4 is 34.3 Å². The number of fused-ring (bicyclic) bond motifs is 1. The molecule has 0 radical (unpaired) electrons. The van der Waals surface area contributed by atoms with Crippen LogP contribution in [0.4, 0.5) is 5.69 Å². The van der Waals surface area contributed by atoms with Gasteiger partial charge in [-0.2, -0.15) is 0 Å². The summed E-state index contributed by atoms with van der Waals surface area (Å²) >= 11 is 0. The van der Waals surface area contributed by atoms with Gasteiger partial charge in [-0.25, -0.2) is 4.79 Å². The Morgan fingerprint density at radius 3 is 2.10 bits per heavy atom. The maximum atomic E-state index is 14.0. The molecule has 5 unspecified atom stereocenters. The molecule has 12 heteroatoms. The second-order valence-electron chi connectivity index (χ2n) is 18.7. The third-order valence-electron chi connectivity index (χ3n) is 12.1. The molecule has 1 fully saturated rings. The van der Waals surface area contributed by atoms with Gasteiger partial charge >= 0.3 is 11.9 Å². The van der Waals surface area contributed by atoms with Crippen LogP contribution < -0.4 is 4.74 Å². The van der Waals surface area contributed by atoms with Crippen LogP contribution in [0.25, 0.3) is 0 Å². The number of rotatable bonds is 12. The van der Waals surface area contributed by atoms with Crippen molar-refractivity contribution < 1.29 is 37.6 Å². The zero-order chi connectivity index (χ0) is 39.0. The minimum Gasteiger partial charge on any atom is -0.476 e. The van der Waals surface area contributed by atoms with Crippen LogP contribution >= 0.6 is 0 Å². The first-order valence-electron chi connectivity index (χ1n) is 18.9. The summed E-state index contributed by atoms with van der Waals surface area (Å²) in [6.45, 7) is 27.7. The van der Waals surface area contributed by atoms with Crippen LogP contribution in [0.15, 0.2) is 48.1 Å². The quantitative estimate of drug-likeness (QED) is 0.0887. The fourth-order valence-corrected chi connectivity index (χ4v) is 9.58.